The molecule has 0 fully saturated rings. The Bertz CT molecular complexity index is 4630. The van der Waals surface area contributed by atoms with Gasteiger partial charge in [0.15, 0.2) is 0 Å². The van der Waals surface area contributed by atoms with Gasteiger partial charge >= 0.3 is 0 Å². The number of anilines is 12. The van der Waals surface area contributed by atoms with Gasteiger partial charge in [-0.05, 0) is 129 Å². The summed E-state index contributed by atoms with van der Waals surface area (Å²) in [4.78, 5) is 9.63. The van der Waals surface area contributed by atoms with E-state index in [0.29, 0.717) is 0 Å². The van der Waals surface area contributed by atoms with Crippen molar-refractivity contribution in [3.63, 3.8) is 0 Å². The van der Waals surface area contributed by atoms with Crippen LogP contribution >= 0.6 is 0 Å². The van der Waals surface area contributed by atoms with Gasteiger partial charge in [0.05, 0.1) is 17.1 Å². The fourth-order valence-electron chi connectivity index (χ4n) is 13.9. The largest absolute Gasteiger partial charge is 0.458 e. The second-order valence-corrected chi connectivity index (χ2v) is 22.3. The lowest BCUT2D eigenvalue weighted by atomic mass is 9.31. The first kappa shape index (κ1) is 49.4. The van der Waals surface area contributed by atoms with E-state index in [1.165, 1.54) is 10.9 Å². The van der Waals surface area contributed by atoms with Gasteiger partial charge < -0.3 is 29.1 Å². The molecule has 0 bridgehead atoms. The molecule has 4 aliphatic rings. The van der Waals surface area contributed by atoms with Gasteiger partial charge in [0.25, 0.3) is 13.4 Å². The molecule has 0 N–H and O–H groups in total. The molecule has 0 amide bonds. The van der Waals surface area contributed by atoms with E-state index in [0.717, 1.165) is 135 Å². The minimum Gasteiger partial charge on any atom is -0.458 e. The Morgan fingerprint density at radius 1 is 0.256 bits per heavy atom. The van der Waals surface area contributed by atoms with Crippen molar-refractivity contribution in [2.24, 2.45) is 0 Å². The zero-order valence-corrected chi connectivity index (χ0v) is 46.8. The van der Waals surface area contributed by atoms with Gasteiger partial charge in [-0.15, -0.1) is 0 Å². The smallest absolute Gasteiger partial charge is 0.256 e. The molecular formula is C78H52B2N4O2. The van der Waals surface area contributed by atoms with Crippen LogP contribution in [-0.4, -0.2) is 13.4 Å². The predicted molar refractivity (Wildman–Crippen MR) is 358 cm³/mol. The summed E-state index contributed by atoms with van der Waals surface area (Å²) in [6.45, 7) is -0.374. The van der Waals surface area contributed by atoms with Crippen molar-refractivity contribution < 1.29 is 9.47 Å². The second kappa shape index (κ2) is 20.3. The van der Waals surface area contributed by atoms with Crippen LogP contribution in [0.4, 0.5) is 68.2 Å². The molecule has 13 aromatic carbocycles. The SMILES string of the molecule is c1ccc(-c2cccc(-c3ccccc3)c2N(c2ccccc2)c2cc3c4c(c2)N(c2ccccc2)c2ccccc2B4c2cc4c(cc2O3)Oc2cc(N(c3ccccc3)c3ccccc3)cc3c2B4c2ccccc2N3c2ccccc2)cc1. The van der Waals surface area contributed by atoms with Crippen LogP contribution in [-0.2, 0) is 0 Å². The summed E-state index contributed by atoms with van der Waals surface area (Å²) in [6.07, 6.45) is 0. The van der Waals surface area contributed by atoms with Gasteiger partial charge in [0, 0.05) is 80.5 Å². The maximum Gasteiger partial charge on any atom is 0.256 e. The van der Waals surface area contributed by atoms with E-state index in [4.69, 9.17) is 9.47 Å². The molecule has 0 saturated carbocycles. The Morgan fingerprint density at radius 2 is 0.616 bits per heavy atom. The van der Waals surface area contributed by atoms with E-state index in [2.05, 4.69) is 335 Å². The first-order valence-corrected chi connectivity index (χ1v) is 29.5. The van der Waals surface area contributed by atoms with E-state index in [-0.39, 0.29) is 13.4 Å². The summed E-state index contributed by atoms with van der Waals surface area (Å²) in [5.41, 5.74) is 23.9. The van der Waals surface area contributed by atoms with Gasteiger partial charge in [-0.1, -0.05) is 212 Å². The summed E-state index contributed by atoms with van der Waals surface area (Å²) in [5.74, 6) is 3.12. The topological polar surface area (TPSA) is 31.4 Å². The Hall–Kier alpha value is -11.2. The van der Waals surface area contributed by atoms with Crippen molar-refractivity contribution in [2.75, 3.05) is 19.6 Å². The van der Waals surface area contributed by atoms with Crippen molar-refractivity contribution >= 4 is 114 Å². The molecule has 0 aliphatic carbocycles. The molecule has 4 aliphatic heterocycles. The fraction of sp³-hybridized carbons (Fsp3) is 0. The third-order valence-electron chi connectivity index (χ3n) is 17.5. The number of benzene rings is 13. The summed E-state index contributed by atoms with van der Waals surface area (Å²) in [7, 11) is 0. The highest BCUT2D eigenvalue weighted by molar-refractivity contribution is 7.02. The maximum absolute atomic E-state index is 7.65. The van der Waals surface area contributed by atoms with Gasteiger partial charge in [-0.2, -0.15) is 0 Å². The zero-order chi connectivity index (χ0) is 56.7. The first-order chi connectivity index (χ1) is 42.7. The average molecular weight is 1100 g/mol. The highest BCUT2D eigenvalue weighted by Crippen LogP contribution is 2.52. The standard InChI is InChI=1S/C78H52B2N4O2/c1-8-27-53(28-9-1)62-41-26-42-63(54-29-10-2-11-30-54)78(62)82(57-35-16-5-17-36-57)61-48-71-77-75(50-61)86-73-52-72-66(51-67(73)80(77)65-44-23-25-46-69(65)84(71)59-39-20-7-21-40-59)79-64-43-22-24-45-68(64)83(58-37-18-6-19-38-58)70-47-60(49-74(85-72)76(70)79)81(55-31-12-3-13-32-55)56-33-14-4-15-34-56/h1-52H. The van der Waals surface area contributed by atoms with E-state index in [1.807, 2.05) is 0 Å². The Morgan fingerprint density at radius 3 is 1.05 bits per heavy atom. The molecule has 0 spiro atoms. The molecule has 0 atom stereocenters. The summed E-state index contributed by atoms with van der Waals surface area (Å²) in [5, 5.41) is 0. The van der Waals surface area contributed by atoms with Crippen LogP contribution in [0.15, 0.2) is 315 Å². The molecule has 402 valence electrons. The predicted octanol–water partition coefficient (Wildman–Crippen LogP) is 16.8. The van der Waals surface area contributed by atoms with Crippen LogP contribution in [0.5, 0.6) is 23.0 Å². The number of ether oxygens (including phenoxy) is 2. The monoisotopic (exact) mass is 1100 g/mol. The van der Waals surface area contributed by atoms with Crippen LogP contribution in [0.1, 0.15) is 0 Å². The molecule has 86 heavy (non-hydrogen) atoms. The lowest BCUT2D eigenvalue weighted by molar-refractivity contribution is 0.466. The Balaban J connectivity index is 0.908. The van der Waals surface area contributed by atoms with Gasteiger partial charge in [0.1, 0.15) is 23.0 Å². The van der Waals surface area contributed by atoms with Crippen molar-refractivity contribution in [2.45, 2.75) is 0 Å². The quantitative estimate of drug-likeness (QED) is 0.127. The molecule has 17 rings (SSSR count). The number of rotatable bonds is 10. The Kier molecular flexibility index (Phi) is 11.7. The molecule has 0 radical (unpaired) electrons. The lowest BCUT2D eigenvalue weighted by Gasteiger charge is -2.43. The zero-order valence-electron chi connectivity index (χ0n) is 46.8. The fourth-order valence-corrected chi connectivity index (χ4v) is 13.9. The molecule has 6 nitrogen and oxygen atoms in total. The van der Waals surface area contributed by atoms with Crippen LogP contribution in [0, 0.1) is 0 Å². The number of nitrogens with zero attached hydrogens (tertiary/aromatic N) is 4. The summed E-state index contributed by atoms with van der Waals surface area (Å²) >= 11 is 0. The van der Waals surface area contributed by atoms with E-state index >= 15 is 0 Å². The van der Waals surface area contributed by atoms with Crippen LogP contribution in [0.3, 0.4) is 0 Å². The van der Waals surface area contributed by atoms with E-state index < -0.39 is 0 Å². The molecule has 13 aromatic rings. The maximum atomic E-state index is 7.65. The average Bonchev–Trinajstić information content (AvgIpc) is 0.888. The van der Waals surface area contributed by atoms with Crippen LogP contribution in [0.25, 0.3) is 22.3 Å². The normalized spacial score (nSPS) is 12.7. The number of fused-ring (bicyclic) bond motifs is 8. The van der Waals surface area contributed by atoms with Gasteiger partial charge in [-0.3, -0.25) is 0 Å². The molecule has 0 saturated heterocycles. The van der Waals surface area contributed by atoms with E-state index in [1.54, 1.807) is 0 Å². The second-order valence-electron chi connectivity index (χ2n) is 22.3. The van der Waals surface area contributed by atoms with Crippen molar-refractivity contribution in [3.05, 3.63) is 315 Å². The first-order valence-electron chi connectivity index (χ1n) is 29.5. The van der Waals surface area contributed by atoms with Crippen LogP contribution < -0.4 is 61.9 Å². The van der Waals surface area contributed by atoms with Gasteiger partial charge in [-0.25, -0.2) is 0 Å². The van der Waals surface area contributed by atoms with Crippen molar-refractivity contribution in [1.82, 2.24) is 0 Å². The highest BCUT2D eigenvalue weighted by atomic mass is 16.5. The van der Waals surface area contributed by atoms with Crippen molar-refractivity contribution in [3.8, 4) is 45.3 Å². The number of para-hydroxylation sites is 8. The summed E-state index contributed by atoms with van der Waals surface area (Å²) in [6, 6.07) is 114. The Labute approximate surface area is 501 Å². The molecule has 0 aromatic heterocycles. The number of hydrogen-bond acceptors (Lipinski definition) is 6. The van der Waals surface area contributed by atoms with Crippen molar-refractivity contribution in [1.29, 1.82) is 0 Å². The highest BCUT2D eigenvalue weighted by Gasteiger charge is 2.47. The molecule has 0 unspecified atom stereocenters. The minimum absolute atomic E-state index is 0.174. The van der Waals surface area contributed by atoms with Gasteiger partial charge in [0.2, 0.25) is 0 Å². The molecule has 8 heteroatoms. The summed E-state index contributed by atoms with van der Waals surface area (Å²) < 4.78 is 15.2. The lowest BCUT2D eigenvalue weighted by Crippen LogP contribution is -2.63. The molecule has 4 heterocycles. The third-order valence-corrected chi connectivity index (χ3v) is 17.5. The third kappa shape index (κ3) is 7.98. The number of hydrogen-bond donors (Lipinski definition) is 0. The molecular weight excluding hydrogens is 1050 g/mol. The van der Waals surface area contributed by atoms with E-state index in [9.17, 15) is 0 Å². The minimum atomic E-state index is -0.200. The van der Waals surface area contributed by atoms with Crippen LogP contribution in [0.2, 0.25) is 0 Å².